The van der Waals surface area contributed by atoms with Crippen molar-refractivity contribution in [1.29, 1.82) is 0 Å². The maximum Gasteiger partial charge on any atom is 0.147 e. The fourth-order valence-electron chi connectivity index (χ4n) is 2.38. The Balaban J connectivity index is 2.01. The summed E-state index contributed by atoms with van der Waals surface area (Å²) in [6, 6.07) is 3.74. The first-order valence-electron chi connectivity index (χ1n) is 5.77. The lowest BCUT2D eigenvalue weighted by Gasteiger charge is -2.38. The van der Waals surface area contributed by atoms with E-state index in [4.69, 9.17) is 27.9 Å². The number of benzene rings is 1. The summed E-state index contributed by atoms with van der Waals surface area (Å²) in [5.74, 6) is 0.726. The predicted molar refractivity (Wildman–Crippen MR) is 71.0 cm³/mol. The quantitative estimate of drug-likeness (QED) is 0.778. The second kappa shape index (κ2) is 4.20. The summed E-state index contributed by atoms with van der Waals surface area (Å²) in [5.41, 5.74) is 0.801. The van der Waals surface area contributed by atoms with E-state index < -0.39 is 0 Å². The molecule has 2 heterocycles. The van der Waals surface area contributed by atoms with Crippen molar-refractivity contribution in [1.82, 2.24) is 5.32 Å². The Hall–Kier alpha value is -0.700. The Morgan fingerprint density at radius 1 is 1.18 bits per heavy atom. The molecule has 0 unspecified atom stereocenters. The molecule has 0 saturated carbocycles. The molecule has 0 amide bonds. The summed E-state index contributed by atoms with van der Waals surface area (Å²) in [4.78, 5) is 0. The Kier molecular flexibility index (Phi) is 2.81. The number of hydrogen-bond donors (Lipinski definition) is 1. The molecule has 0 atom stereocenters. The average Bonchev–Trinajstić information content (AvgIpc) is 2.36. The van der Waals surface area contributed by atoms with Crippen LogP contribution in [0, 0.1) is 0 Å². The van der Waals surface area contributed by atoms with Crippen molar-refractivity contribution < 1.29 is 4.74 Å². The van der Waals surface area contributed by atoms with Crippen molar-refractivity contribution in [3.8, 4) is 5.75 Å². The van der Waals surface area contributed by atoms with Crippen molar-refractivity contribution in [2.75, 3.05) is 13.1 Å². The van der Waals surface area contributed by atoms with Gasteiger partial charge in [-0.2, -0.15) is 0 Å². The molecule has 1 aromatic carbocycles. The molecule has 1 N–H and O–H groups in total. The van der Waals surface area contributed by atoms with Gasteiger partial charge < -0.3 is 10.1 Å². The molecule has 2 aliphatic rings. The highest BCUT2D eigenvalue weighted by molar-refractivity contribution is 6.43. The topological polar surface area (TPSA) is 21.3 Å². The number of piperidine rings is 1. The van der Waals surface area contributed by atoms with E-state index in [9.17, 15) is 0 Å². The van der Waals surface area contributed by atoms with Gasteiger partial charge in [0.05, 0.1) is 5.02 Å². The smallest absolute Gasteiger partial charge is 0.147 e. The van der Waals surface area contributed by atoms with E-state index in [1.165, 1.54) is 0 Å². The molecular weight excluding hydrogens is 257 g/mol. The molecule has 2 nitrogen and oxygen atoms in total. The minimum absolute atomic E-state index is 0.202. The second-order valence-electron chi connectivity index (χ2n) is 4.53. The van der Waals surface area contributed by atoms with Crippen LogP contribution in [-0.4, -0.2) is 18.7 Å². The fraction of sp³-hybridized carbons (Fsp3) is 0.385. The molecule has 0 aromatic heterocycles. The number of halogens is 2. The first-order valence-corrected chi connectivity index (χ1v) is 6.53. The lowest BCUT2D eigenvalue weighted by molar-refractivity contribution is 0.0824. The Morgan fingerprint density at radius 3 is 2.71 bits per heavy atom. The predicted octanol–water partition coefficient (Wildman–Crippen LogP) is 3.52. The summed E-state index contributed by atoms with van der Waals surface area (Å²) in [7, 11) is 0. The largest absolute Gasteiger partial charge is 0.481 e. The van der Waals surface area contributed by atoms with E-state index in [2.05, 4.69) is 17.5 Å². The van der Waals surface area contributed by atoms with Gasteiger partial charge in [0.1, 0.15) is 16.4 Å². The van der Waals surface area contributed by atoms with Crippen LogP contribution in [0.1, 0.15) is 18.4 Å². The van der Waals surface area contributed by atoms with Gasteiger partial charge in [0, 0.05) is 18.4 Å². The third-order valence-electron chi connectivity index (χ3n) is 3.40. The van der Waals surface area contributed by atoms with Gasteiger partial charge in [0.25, 0.3) is 0 Å². The minimum atomic E-state index is -0.202. The van der Waals surface area contributed by atoms with Gasteiger partial charge in [-0.05, 0) is 31.3 Å². The third kappa shape index (κ3) is 1.95. The van der Waals surface area contributed by atoms with Crippen molar-refractivity contribution in [3.63, 3.8) is 0 Å². The molecule has 1 saturated heterocycles. The van der Waals surface area contributed by atoms with Gasteiger partial charge in [0.15, 0.2) is 0 Å². The van der Waals surface area contributed by atoms with Crippen LogP contribution >= 0.6 is 23.2 Å². The van der Waals surface area contributed by atoms with Crippen molar-refractivity contribution in [2.24, 2.45) is 0 Å². The molecule has 17 heavy (non-hydrogen) atoms. The minimum Gasteiger partial charge on any atom is -0.481 e. The summed E-state index contributed by atoms with van der Waals surface area (Å²) in [5, 5.41) is 4.40. The zero-order valence-electron chi connectivity index (χ0n) is 9.30. The molecule has 1 aromatic rings. The fourth-order valence-corrected chi connectivity index (χ4v) is 2.74. The zero-order valence-corrected chi connectivity index (χ0v) is 10.8. The highest BCUT2D eigenvalue weighted by Gasteiger charge is 2.35. The number of fused-ring (bicyclic) bond motifs is 1. The van der Waals surface area contributed by atoms with Crippen LogP contribution in [0.3, 0.4) is 0 Å². The summed E-state index contributed by atoms with van der Waals surface area (Å²) in [6.07, 6.45) is 6.17. The molecule has 3 rings (SSSR count). The molecular formula is C13H13Cl2NO. The van der Waals surface area contributed by atoms with Crippen LogP contribution in [0.4, 0.5) is 0 Å². The van der Waals surface area contributed by atoms with Gasteiger partial charge in [-0.1, -0.05) is 29.3 Å². The van der Waals surface area contributed by atoms with Crippen molar-refractivity contribution >= 4 is 29.3 Å². The number of ether oxygens (including phenoxy) is 1. The normalized spacial score (nSPS) is 21.1. The number of rotatable bonds is 0. The zero-order chi connectivity index (χ0) is 11.9. The van der Waals surface area contributed by atoms with Crippen LogP contribution in [0.25, 0.3) is 6.08 Å². The SMILES string of the molecule is Clc1ccc2c(c1Cl)OC1(C=C2)CCNCC1. The van der Waals surface area contributed by atoms with E-state index >= 15 is 0 Å². The molecule has 1 spiro atoms. The highest BCUT2D eigenvalue weighted by atomic mass is 35.5. The van der Waals surface area contributed by atoms with Crippen LogP contribution in [0.15, 0.2) is 18.2 Å². The van der Waals surface area contributed by atoms with Crippen LogP contribution < -0.4 is 10.1 Å². The number of nitrogens with one attached hydrogen (secondary N) is 1. The maximum atomic E-state index is 6.21. The number of hydrogen-bond acceptors (Lipinski definition) is 2. The lowest BCUT2D eigenvalue weighted by atomic mass is 9.89. The van der Waals surface area contributed by atoms with E-state index in [1.807, 2.05) is 6.07 Å². The van der Waals surface area contributed by atoms with Crippen molar-refractivity contribution in [3.05, 3.63) is 33.8 Å². The van der Waals surface area contributed by atoms with Crippen LogP contribution in [-0.2, 0) is 0 Å². The first-order chi connectivity index (χ1) is 8.20. The lowest BCUT2D eigenvalue weighted by Crippen LogP contribution is -2.45. The van der Waals surface area contributed by atoms with E-state index in [0.29, 0.717) is 10.0 Å². The Bertz CT molecular complexity index is 479. The monoisotopic (exact) mass is 269 g/mol. The summed E-state index contributed by atoms with van der Waals surface area (Å²) < 4.78 is 6.13. The average molecular weight is 270 g/mol. The van der Waals surface area contributed by atoms with Crippen molar-refractivity contribution in [2.45, 2.75) is 18.4 Å². The summed E-state index contributed by atoms with van der Waals surface area (Å²) in [6.45, 7) is 1.94. The second-order valence-corrected chi connectivity index (χ2v) is 5.32. The van der Waals surface area contributed by atoms with Gasteiger partial charge in [-0.3, -0.25) is 0 Å². The molecule has 90 valence electrons. The molecule has 1 fully saturated rings. The van der Waals surface area contributed by atoms with E-state index in [0.717, 1.165) is 37.2 Å². The molecule has 4 heteroatoms. The van der Waals surface area contributed by atoms with E-state index in [1.54, 1.807) is 6.07 Å². The Morgan fingerprint density at radius 2 is 1.94 bits per heavy atom. The van der Waals surface area contributed by atoms with Crippen LogP contribution in [0.5, 0.6) is 5.75 Å². The summed E-state index contributed by atoms with van der Waals surface area (Å²) >= 11 is 12.2. The molecule has 0 bridgehead atoms. The van der Waals surface area contributed by atoms with Gasteiger partial charge >= 0.3 is 0 Å². The standard InChI is InChI=1S/C13H13Cl2NO/c14-10-2-1-9-3-4-13(5-7-16-8-6-13)17-12(9)11(10)15/h1-4,16H,5-8H2. The highest BCUT2D eigenvalue weighted by Crippen LogP contribution is 2.42. The van der Waals surface area contributed by atoms with Crippen LogP contribution in [0.2, 0.25) is 10.0 Å². The Labute approximate surface area is 111 Å². The van der Waals surface area contributed by atoms with Gasteiger partial charge in [-0.15, -0.1) is 0 Å². The molecule has 0 aliphatic carbocycles. The van der Waals surface area contributed by atoms with E-state index in [-0.39, 0.29) is 5.60 Å². The maximum absolute atomic E-state index is 6.21. The van der Waals surface area contributed by atoms with Gasteiger partial charge in [-0.25, -0.2) is 0 Å². The third-order valence-corrected chi connectivity index (χ3v) is 4.19. The first kappa shape index (κ1) is 11.4. The molecule has 0 radical (unpaired) electrons. The van der Waals surface area contributed by atoms with Gasteiger partial charge in [0.2, 0.25) is 0 Å². The molecule has 2 aliphatic heterocycles.